The highest BCUT2D eigenvalue weighted by Crippen LogP contribution is 2.37. The van der Waals surface area contributed by atoms with Crippen LogP contribution in [0.1, 0.15) is 38.9 Å². The third-order valence-electron chi connectivity index (χ3n) is 6.51. The zero-order chi connectivity index (χ0) is 26.3. The molecule has 1 amide bonds. The normalized spacial score (nSPS) is 16.5. The second-order valence-corrected chi connectivity index (χ2v) is 8.73. The number of nitrogens with zero attached hydrogens (tertiary/aromatic N) is 2. The van der Waals surface area contributed by atoms with Gasteiger partial charge in [-0.25, -0.2) is 18.2 Å². The van der Waals surface area contributed by atoms with E-state index in [9.17, 15) is 22.8 Å². The average Bonchev–Trinajstić information content (AvgIpc) is 3.40. The number of methoxy groups -OCH3 is 1. The number of ether oxygens (including phenoxy) is 2. The molecule has 7 nitrogen and oxygen atoms in total. The quantitative estimate of drug-likeness (QED) is 0.389. The Morgan fingerprint density at radius 2 is 1.86 bits per heavy atom. The molecule has 2 aromatic heterocycles. The summed E-state index contributed by atoms with van der Waals surface area (Å²) in [6.45, 7) is 1.26. The molecular weight excluding hydrogens is 487 g/mol. The number of amides is 1. The van der Waals surface area contributed by atoms with Gasteiger partial charge in [-0.3, -0.25) is 14.0 Å². The summed E-state index contributed by atoms with van der Waals surface area (Å²) in [5, 5.41) is 2.88. The van der Waals surface area contributed by atoms with Crippen LogP contribution in [0.5, 0.6) is 5.75 Å². The van der Waals surface area contributed by atoms with Gasteiger partial charge in [0.1, 0.15) is 29.8 Å². The van der Waals surface area contributed by atoms with Crippen LogP contribution < -0.4 is 10.1 Å². The molecule has 1 aliphatic carbocycles. The molecule has 0 unspecified atom stereocenters. The van der Waals surface area contributed by atoms with Crippen LogP contribution >= 0.6 is 0 Å². The number of benzene rings is 2. The van der Waals surface area contributed by atoms with E-state index in [1.165, 1.54) is 29.7 Å². The maximum absolute atomic E-state index is 14.0. The predicted molar refractivity (Wildman–Crippen MR) is 126 cm³/mol. The summed E-state index contributed by atoms with van der Waals surface area (Å²) in [6, 6.07) is 10.2. The third kappa shape index (κ3) is 4.39. The highest BCUT2D eigenvalue weighted by Gasteiger charge is 2.40. The molecule has 37 heavy (non-hydrogen) atoms. The summed E-state index contributed by atoms with van der Waals surface area (Å²) in [7, 11) is 1.26. The second-order valence-electron chi connectivity index (χ2n) is 8.73. The minimum atomic E-state index is -0.733. The van der Waals surface area contributed by atoms with E-state index in [0.717, 1.165) is 12.1 Å². The van der Waals surface area contributed by atoms with Crippen molar-refractivity contribution in [3.05, 3.63) is 100 Å². The Bertz CT molecular complexity index is 1510. The number of fused-ring (bicyclic) bond motifs is 2. The Kier molecular flexibility index (Phi) is 6.32. The SMILES string of the molecule is COC(=O)[C@@H]1Cc2cc(F)ccc2[C@H]1NC(=O)c1c(C)nc2c(OCc3c(F)cccc3F)cccn12. The molecule has 0 saturated heterocycles. The van der Waals surface area contributed by atoms with Crippen LogP contribution in [0.15, 0.2) is 54.7 Å². The van der Waals surface area contributed by atoms with Crippen LogP contribution in [0.3, 0.4) is 0 Å². The van der Waals surface area contributed by atoms with Gasteiger partial charge in [-0.15, -0.1) is 0 Å². The summed E-state index contributed by atoms with van der Waals surface area (Å²) in [5.74, 6) is -3.44. The Morgan fingerprint density at radius 3 is 2.59 bits per heavy atom. The number of nitrogens with one attached hydrogen (secondary N) is 1. The summed E-state index contributed by atoms with van der Waals surface area (Å²) >= 11 is 0. The van der Waals surface area contributed by atoms with E-state index >= 15 is 0 Å². The first kappa shape index (κ1) is 24.4. The Morgan fingerprint density at radius 1 is 1.11 bits per heavy atom. The maximum Gasteiger partial charge on any atom is 0.311 e. The zero-order valence-electron chi connectivity index (χ0n) is 19.9. The van der Waals surface area contributed by atoms with Crippen LogP contribution in [0.2, 0.25) is 0 Å². The van der Waals surface area contributed by atoms with Gasteiger partial charge in [0.05, 0.1) is 30.3 Å². The number of esters is 1. The molecular formula is C27H22F3N3O4. The molecule has 4 aromatic rings. The van der Waals surface area contributed by atoms with Gasteiger partial charge in [-0.2, -0.15) is 0 Å². The molecule has 1 aliphatic rings. The Labute approximate surface area is 209 Å². The third-order valence-corrected chi connectivity index (χ3v) is 6.51. The first-order chi connectivity index (χ1) is 17.8. The molecule has 0 bridgehead atoms. The lowest BCUT2D eigenvalue weighted by molar-refractivity contribution is -0.146. The first-order valence-corrected chi connectivity index (χ1v) is 11.5. The molecule has 2 atom stereocenters. The predicted octanol–water partition coefficient (Wildman–Crippen LogP) is 4.46. The van der Waals surface area contributed by atoms with Gasteiger partial charge in [0.25, 0.3) is 5.91 Å². The van der Waals surface area contributed by atoms with E-state index in [1.807, 2.05) is 0 Å². The topological polar surface area (TPSA) is 81.9 Å². The van der Waals surface area contributed by atoms with Crippen molar-refractivity contribution >= 4 is 17.5 Å². The number of imidazole rings is 1. The van der Waals surface area contributed by atoms with Gasteiger partial charge in [0.2, 0.25) is 0 Å². The van der Waals surface area contributed by atoms with Crippen LogP contribution in [0.25, 0.3) is 5.65 Å². The van der Waals surface area contributed by atoms with Gasteiger partial charge < -0.3 is 14.8 Å². The fourth-order valence-corrected chi connectivity index (χ4v) is 4.75. The van der Waals surface area contributed by atoms with Gasteiger partial charge in [0.15, 0.2) is 11.4 Å². The molecule has 190 valence electrons. The van der Waals surface area contributed by atoms with Crippen molar-refractivity contribution in [2.24, 2.45) is 5.92 Å². The van der Waals surface area contributed by atoms with Crippen molar-refractivity contribution < 1.29 is 32.2 Å². The number of halogens is 3. The fraction of sp³-hybridized carbons (Fsp3) is 0.222. The number of aryl methyl sites for hydroxylation is 1. The van der Waals surface area contributed by atoms with Crippen molar-refractivity contribution in [1.29, 1.82) is 0 Å². The van der Waals surface area contributed by atoms with Crippen molar-refractivity contribution in [2.45, 2.75) is 26.0 Å². The number of carbonyl (C=O) groups is 2. The van der Waals surface area contributed by atoms with E-state index in [4.69, 9.17) is 9.47 Å². The lowest BCUT2D eigenvalue weighted by atomic mass is 10.0. The molecule has 1 N–H and O–H groups in total. The van der Waals surface area contributed by atoms with Crippen molar-refractivity contribution in [3.8, 4) is 5.75 Å². The standard InChI is InChI=1S/C27H22F3N3O4/c1-14-24(26(34)32-23-17-9-8-16(28)11-15(17)12-18(23)27(35)36-2)33-10-4-7-22(25(33)31-14)37-13-19-20(29)5-3-6-21(19)30/h3-11,18,23H,12-13H2,1-2H3,(H,32,34)/t18-,23-/m1/s1. The zero-order valence-corrected chi connectivity index (χ0v) is 19.9. The Balaban J connectivity index is 1.45. The number of hydrogen-bond acceptors (Lipinski definition) is 5. The number of pyridine rings is 1. The van der Waals surface area contributed by atoms with E-state index in [2.05, 4.69) is 10.3 Å². The number of aromatic nitrogens is 2. The van der Waals surface area contributed by atoms with E-state index in [-0.39, 0.29) is 35.7 Å². The highest BCUT2D eigenvalue weighted by molar-refractivity contribution is 5.95. The number of hydrogen-bond donors (Lipinski definition) is 1. The summed E-state index contributed by atoms with van der Waals surface area (Å²) in [4.78, 5) is 30.4. The van der Waals surface area contributed by atoms with E-state index in [0.29, 0.717) is 16.8 Å². The van der Waals surface area contributed by atoms with Crippen LogP contribution in [0.4, 0.5) is 13.2 Å². The van der Waals surface area contributed by atoms with Gasteiger partial charge >= 0.3 is 5.97 Å². The molecule has 0 radical (unpaired) electrons. The summed E-state index contributed by atoms with van der Waals surface area (Å²) in [5.41, 5.74) is 1.87. The van der Waals surface area contributed by atoms with Crippen molar-refractivity contribution in [1.82, 2.24) is 14.7 Å². The minimum absolute atomic E-state index is 0.191. The molecule has 0 aliphatic heterocycles. The van der Waals surface area contributed by atoms with Gasteiger partial charge in [-0.1, -0.05) is 12.1 Å². The highest BCUT2D eigenvalue weighted by atomic mass is 19.1. The van der Waals surface area contributed by atoms with E-state index < -0.39 is 41.3 Å². The largest absolute Gasteiger partial charge is 0.485 e. The van der Waals surface area contributed by atoms with Gasteiger partial charge in [0, 0.05) is 6.20 Å². The maximum atomic E-state index is 14.0. The molecule has 5 rings (SSSR count). The monoisotopic (exact) mass is 509 g/mol. The van der Waals surface area contributed by atoms with Crippen LogP contribution in [0, 0.1) is 30.3 Å². The van der Waals surface area contributed by atoms with Crippen LogP contribution in [-0.4, -0.2) is 28.4 Å². The first-order valence-electron chi connectivity index (χ1n) is 11.5. The smallest absolute Gasteiger partial charge is 0.311 e. The van der Waals surface area contributed by atoms with Gasteiger partial charge in [-0.05, 0) is 60.9 Å². The Hall–Kier alpha value is -4.34. The lowest BCUT2D eigenvalue weighted by Crippen LogP contribution is -2.36. The average molecular weight is 509 g/mol. The molecule has 0 saturated carbocycles. The van der Waals surface area contributed by atoms with Crippen molar-refractivity contribution in [3.63, 3.8) is 0 Å². The fourth-order valence-electron chi connectivity index (χ4n) is 4.75. The molecule has 10 heteroatoms. The minimum Gasteiger partial charge on any atom is -0.485 e. The molecule has 2 aromatic carbocycles. The molecule has 2 heterocycles. The summed E-state index contributed by atoms with van der Waals surface area (Å²) in [6.07, 6.45) is 1.83. The molecule has 0 fully saturated rings. The lowest BCUT2D eigenvalue weighted by Gasteiger charge is -2.20. The number of rotatable bonds is 6. The summed E-state index contributed by atoms with van der Waals surface area (Å²) < 4.78 is 54.0. The molecule has 0 spiro atoms. The van der Waals surface area contributed by atoms with E-state index in [1.54, 1.807) is 31.3 Å². The second kappa shape index (κ2) is 9.61. The van der Waals surface area contributed by atoms with Crippen molar-refractivity contribution in [2.75, 3.05) is 7.11 Å². The number of carbonyl (C=O) groups excluding carboxylic acids is 2. The van der Waals surface area contributed by atoms with Crippen LogP contribution in [-0.2, 0) is 22.6 Å².